The average Bonchev–Trinajstić information content (AvgIpc) is 3.68. The third-order valence-electron chi connectivity index (χ3n) is 13.9. The van der Waals surface area contributed by atoms with Crippen LogP contribution in [-0.4, -0.2) is 269 Å². The summed E-state index contributed by atoms with van der Waals surface area (Å²) in [5.74, 6) is -3.24. The number of hydroxylamine groups is 2. The molecule has 5 heterocycles. The van der Waals surface area contributed by atoms with E-state index in [9.17, 15) is 90.0 Å². The molecule has 5 aliphatic rings. The maximum Gasteiger partial charge on any atom is 0.333 e. The van der Waals surface area contributed by atoms with Gasteiger partial charge in [0.15, 0.2) is 12.6 Å². The number of piperidine rings is 1. The minimum atomic E-state index is -1.74. The first-order valence-corrected chi connectivity index (χ1v) is 24.3. The normalized spacial score (nSPS) is 34.0. The SMILES string of the molecule is O=C(CC1(CCC(=O)N(CCO[C@H]2O[C@H](CO)[C@@H](O)[C@H](O)[C@@H]2O)CCO[C@@H]2O[C@@H](CO)[C@H](O)[C@@H](O)[C@H]2O)CCN(C(=O)CCCCC(=O)ON2C(=O)CCC2=O)CC1)NCC[C@H]1O[C@H](CO)[C@@H](O)[C@H](O)[C@@H]1O. The lowest BCUT2D eigenvalue weighted by Crippen LogP contribution is -2.59. The number of unbranched alkanes of at least 4 members (excludes halogenated alkanes) is 1. The van der Waals surface area contributed by atoms with Crippen LogP contribution in [0.4, 0.5) is 0 Å². The highest BCUT2D eigenvalue weighted by Crippen LogP contribution is 2.40. The van der Waals surface area contributed by atoms with Crippen molar-refractivity contribution >= 4 is 35.5 Å². The number of hydrogen-bond acceptors (Lipinski definition) is 24. The van der Waals surface area contributed by atoms with Gasteiger partial charge in [0.25, 0.3) is 11.8 Å². The largest absolute Gasteiger partial charge is 0.394 e. The predicted molar refractivity (Wildman–Crippen MR) is 235 cm³/mol. The molecular weight excluding hydrogens is 968 g/mol. The molecule has 0 saturated carbocycles. The number of ether oxygens (including phenoxy) is 5. The van der Waals surface area contributed by atoms with Crippen molar-refractivity contribution in [3.8, 4) is 0 Å². The Morgan fingerprint density at radius 1 is 0.625 bits per heavy atom. The molecule has 13 N–H and O–H groups in total. The Morgan fingerprint density at radius 2 is 1.10 bits per heavy atom. The van der Waals surface area contributed by atoms with Crippen LogP contribution in [0.15, 0.2) is 0 Å². The molecule has 0 bridgehead atoms. The average molecular weight is 1040 g/mol. The first-order valence-electron chi connectivity index (χ1n) is 24.3. The summed E-state index contributed by atoms with van der Waals surface area (Å²) in [6, 6.07) is 0. The van der Waals surface area contributed by atoms with Gasteiger partial charge in [-0.3, -0.25) is 24.0 Å². The van der Waals surface area contributed by atoms with Crippen LogP contribution in [-0.2, 0) is 57.3 Å². The van der Waals surface area contributed by atoms with Crippen LogP contribution in [0.25, 0.3) is 0 Å². The molecule has 0 radical (unpaired) electrons. The van der Waals surface area contributed by atoms with E-state index in [0.29, 0.717) is 5.06 Å². The molecule has 5 aliphatic heterocycles. The molecule has 28 nitrogen and oxygen atoms in total. The molecule has 0 spiro atoms. The Morgan fingerprint density at radius 3 is 1.61 bits per heavy atom. The lowest BCUT2D eigenvalue weighted by molar-refractivity contribution is -0.303. The molecule has 0 aromatic rings. The van der Waals surface area contributed by atoms with E-state index >= 15 is 0 Å². The maximum absolute atomic E-state index is 14.2. The predicted octanol–water partition coefficient (Wildman–Crippen LogP) is -7.26. The van der Waals surface area contributed by atoms with Crippen molar-refractivity contribution in [2.24, 2.45) is 5.41 Å². The van der Waals surface area contributed by atoms with E-state index in [1.807, 2.05) is 0 Å². The fourth-order valence-electron chi connectivity index (χ4n) is 9.29. The van der Waals surface area contributed by atoms with Gasteiger partial charge in [0.05, 0.1) is 39.1 Å². The summed E-state index contributed by atoms with van der Waals surface area (Å²) in [6.45, 7) is -2.90. The standard InChI is InChI=1S/C44H72N4O24/c49-20-24-34(59)37(62)33(58)23(69-24)8-12-45-27(52)19-44(10-13-46(14-11-44)28(53)3-1-2-4-32(57)72-48-30(55)5-6-31(48)56)9-7-29(54)47(15-17-67-42-40(65)38(63)35(60)25(21-50)70-42)16-18-68-43-41(66)39(64)36(61)26(22-51)71-43/h23-26,33-43,49-51,58-66H,1-22H2,(H,45,52)/t23-,24-,25-,26+,33-,34-,35-,36+,37-,38+,39-,40+,41-,42+,43-/m1/s1. The van der Waals surface area contributed by atoms with E-state index in [4.69, 9.17) is 28.5 Å². The van der Waals surface area contributed by atoms with Crippen molar-refractivity contribution in [3.05, 3.63) is 0 Å². The van der Waals surface area contributed by atoms with Crippen LogP contribution in [0.2, 0.25) is 0 Å². The highest BCUT2D eigenvalue weighted by molar-refractivity contribution is 6.01. The minimum Gasteiger partial charge on any atom is -0.394 e. The lowest BCUT2D eigenvalue weighted by atomic mass is 9.72. The van der Waals surface area contributed by atoms with Gasteiger partial charge in [0.1, 0.15) is 73.2 Å². The molecule has 0 aliphatic carbocycles. The van der Waals surface area contributed by atoms with E-state index in [1.54, 1.807) is 4.90 Å². The van der Waals surface area contributed by atoms with E-state index < -0.39 is 147 Å². The number of aliphatic hydroxyl groups is 12. The Balaban J connectivity index is 1.23. The van der Waals surface area contributed by atoms with Gasteiger partial charge >= 0.3 is 5.97 Å². The summed E-state index contributed by atoms with van der Waals surface area (Å²) in [6.07, 6.45) is -22.3. The van der Waals surface area contributed by atoms with Crippen LogP contribution in [0.5, 0.6) is 0 Å². The van der Waals surface area contributed by atoms with Gasteiger partial charge < -0.3 is 105 Å². The van der Waals surface area contributed by atoms with Crippen molar-refractivity contribution in [3.63, 3.8) is 0 Å². The highest BCUT2D eigenvalue weighted by atomic mass is 16.7. The second kappa shape index (κ2) is 27.8. The van der Waals surface area contributed by atoms with Gasteiger partial charge in [0.2, 0.25) is 17.7 Å². The van der Waals surface area contributed by atoms with Crippen LogP contribution in [0.1, 0.15) is 77.0 Å². The topological polar surface area (TPSA) is 422 Å². The zero-order chi connectivity index (χ0) is 52.9. The second-order valence-corrected chi connectivity index (χ2v) is 18.8. The van der Waals surface area contributed by atoms with Crippen LogP contribution >= 0.6 is 0 Å². The summed E-state index contributed by atoms with van der Waals surface area (Å²) >= 11 is 0. The van der Waals surface area contributed by atoms with Gasteiger partial charge in [0, 0.05) is 71.2 Å². The van der Waals surface area contributed by atoms with Crippen molar-refractivity contribution in [1.82, 2.24) is 20.2 Å². The molecule has 0 unspecified atom stereocenters. The number of nitrogens with one attached hydrogen (secondary N) is 1. The second-order valence-electron chi connectivity index (χ2n) is 18.8. The van der Waals surface area contributed by atoms with Crippen molar-refractivity contribution in [2.45, 2.75) is 169 Å². The van der Waals surface area contributed by atoms with Gasteiger partial charge in [-0.25, -0.2) is 4.79 Å². The van der Waals surface area contributed by atoms with Crippen LogP contribution in [0, 0.1) is 5.41 Å². The third-order valence-corrected chi connectivity index (χ3v) is 13.9. The number of nitrogens with zero attached hydrogens (tertiary/aromatic N) is 3. The molecule has 0 aromatic carbocycles. The zero-order valence-electron chi connectivity index (χ0n) is 39.8. The van der Waals surface area contributed by atoms with Gasteiger partial charge in [-0.15, -0.1) is 5.06 Å². The molecule has 5 saturated heterocycles. The monoisotopic (exact) mass is 1040 g/mol. The number of rotatable bonds is 25. The quantitative estimate of drug-likeness (QED) is 0.0298. The lowest BCUT2D eigenvalue weighted by Gasteiger charge is -2.42. The zero-order valence-corrected chi connectivity index (χ0v) is 39.8. The molecule has 5 fully saturated rings. The summed E-state index contributed by atoms with van der Waals surface area (Å²) in [5.41, 5.74) is -0.890. The summed E-state index contributed by atoms with van der Waals surface area (Å²) in [4.78, 5) is 84.7. The number of carbonyl (C=O) groups is 6. The fourth-order valence-corrected chi connectivity index (χ4v) is 9.29. The number of aliphatic hydroxyl groups excluding tert-OH is 12. The molecule has 28 heteroatoms. The number of hydrogen-bond donors (Lipinski definition) is 13. The highest BCUT2D eigenvalue weighted by Gasteiger charge is 2.47. The Bertz CT molecular complexity index is 1730. The smallest absolute Gasteiger partial charge is 0.333 e. The van der Waals surface area contributed by atoms with Crippen LogP contribution < -0.4 is 5.32 Å². The molecule has 5 amide bonds. The summed E-state index contributed by atoms with van der Waals surface area (Å²) in [5, 5.41) is 125. The first-order chi connectivity index (χ1) is 34.2. The molecular formula is C44H72N4O24. The van der Waals surface area contributed by atoms with Gasteiger partial charge in [-0.1, -0.05) is 0 Å². The maximum atomic E-state index is 14.2. The van der Waals surface area contributed by atoms with Crippen molar-refractivity contribution in [2.75, 3.05) is 65.8 Å². The minimum absolute atomic E-state index is 0.0153. The molecule has 5 rings (SSSR count). The number of likely N-dealkylation sites (tertiary alicyclic amines) is 1. The van der Waals surface area contributed by atoms with E-state index in [1.165, 1.54) is 4.90 Å². The van der Waals surface area contributed by atoms with E-state index in [0.717, 1.165) is 0 Å². The van der Waals surface area contributed by atoms with Crippen LogP contribution in [0.3, 0.4) is 0 Å². The Hall–Kier alpha value is -3.66. The van der Waals surface area contributed by atoms with Crippen molar-refractivity contribution < 1.29 is 119 Å². The van der Waals surface area contributed by atoms with E-state index in [-0.39, 0.29) is 129 Å². The van der Waals surface area contributed by atoms with Gasteiger partial charge in [-0.2, -0.15) is 0 Å². The number of imide groups is 1. The van der Waals surface area contributed by atoms with Gasteiger partial charge in [-0.05, 0) is 43.9 Å². The number of carbonyl (C=O) groups excluding carboxylic acids is 6. The Labute approximate surface area is 413 Å². The third kappa shape index (κ3) is 15.5. The fraction of sp³-hybridized carbons (Fsp3) is 0.864. The molecule has 412 valence electrons. The Kier molecular flexibility index (Phi) is 22.8. The first kappa shape index (κ1) is 59.2. The van der Waals surface area contributed by atoms with E-state index in [2.05, 4.69) is 5.32 Å². The van der Waals surface area contributed by atoms with Crippen molar-refractivity contribution in [1.29, 1.82) is 0 Å². The summed E-state index contributed by atoms with van der Waals surface area (Å²) < 4.78 is 27.7. The number of amides is 5. The summed E-state index contributed by atoms with van der Waals surface area (Å²) in [7, 11) is 0. The molecule has 72 heavy (non-hydrogen) atoms. The molecule has 0 aromatic heterocycles. The molecule has 15 atom stereocenters.